The van der Waals surface area contributed by atoms with Crippen LogP contribution in [0.3, 0.4) is 0 Å². The van der Waals surface area contributed by atoms with Gasteiger partial charge in [-0.05, 0) is 86.7 Å². The van der Waals surface area contributed by atoms with Crippen LogP contribution in [0.5, 0.6) is 11.5 Å². The number of rotatable bonds is 8. The van der Waals surface area contributed by atoms with Crippen molar-refractivity contribution >= 4 is 11.8 Å². The number of hydrogen-bond donors (Lipinski definition) is 2. The Morgan fingerprint density at radius 2 is 1.72 bits per heavy atom. The number of benzene rings is 2. The van der Waals surface area contributed by atoms with Gasteiger partial charge in [-0.15, -0.1) is 0 Å². The highest BCUT2D eigenvalue weighted by Gasteiger charge is 2.44. The molecule has 9 nitrogen and oxygen atoms in total. The van der Waals surface area contributed by atoms with Crippen molar-refractivity contribution < 1.29 is 19.1 Å². The van der Waals surface area contributed by atoms with E-state index in [0.717, 1.165) is 35.6 Å². The minimum absolute atomic E-state index is 0.0233. The number of carbonyl (C=O) groups excluding carboxylic acids is 2. The van der Waals surface area contributed by atoms with Crippen LogP contribution >= 0.6 is 0 Å². The molecule has 2 N–H and O–H groups in total. The molecule has 2 fully saturated rings. The van der Waals surface area contributed by atoms with Gasteiger partial charge < -0.3 is 25.0 Å². The van der Waals surface area contributed by atoms with Crippen LogP contribution in [0.15, 0.2) is 60.8 Å². The highest BCUT2D eigenvalue weighted by molar-refractivity contribution is 5.91. The fourth-order valence-corrected chi connectivity index (χ4v) is 5.76. The molecule has 0 atom stereocenters. The third-order valence-corrected chi connectivity index (χ3v) is 7.94. The molecule has 1 aromatic heterocycles. The van der Waals surface area contributed by atoms with Crippen LogP contribution in [-0.4, -0.2) is 72.4 Å². The lowest BCUT2D eigenvalue weighted by molar-refractivity contribution is -0.144. The molecule has 0 radical (unpaired) electrons. The first-order valence-corrected chi connectivity index (χ1v) is 13.6. The standard InChI is InChI=1S/C30H37N5O4/c1-38-24-9-7-23(8-10-24)26-13-20-35(33-26)21-28(36)32-30(14-16-31-17-15-30)29(37)34-18-11-22(12-19-34)25-5-3-4-6-27(25)39-2/h3-10,13,20,22,31H,11-12,14-19,21H2,1-2H3,(H,32,36). The zero-order valence-electron chi connectivity index (χ0n) is 22.7. The number of likely N-dealkylation sites (tertiary alicyclic amines) is 1. The molecule has 39 heavy (non-hydrogen) atoms. The maximum atomic E-state index is 13.9. The van der Waals surface area contributed by atoms with Crippen LogP contribution < -0.4 is 20.1 Å². The number of nitrogens with one attached hydrogen (secondary N) is 2. The van der Waals surface area contributed by atoms with Gasteiger partial charge in [0.25, 0.3) is 0 Å². The van der Waals surface area contributed by atoms with E-state index in [1.165, 1.54) is 5.56 Å². The predicted molar refractivity (Wildman–Crippen MR) is 149 cm³/mol. The van der Waals surface area contributed by atoms with Crippen LogP contribution in [-0.2, 0) is 16.1 Å². The third-order valence-electron chi connectivity index (χ3n) is 7.94. The smallest absolute Gasteiger partial charge is 0.248 e. The maximum Gasteiger partial charge on any atom is 0.248 e. The van der Waals surface area contributed by atoms with Crippen molar-refractivity contribution in [2.45, 2.75) is 43.7 Å². The van der Waals surface area contributed by atoms with Crippen LogP contribution in [0.4, 0.5) is 0 Å². The van der Waals surface area contributed by atoms with Crippen molar-refractivity contribution in [1.29, 1.82) is 0 Å². The molecular weight excluding hydrogens is 494 g/mol. The van der Waals surface area contributed by atoms with Crippen molar-refractivity contribution in [3.63, 3.8) is 0 Å². The summed E-state index contributed by atoms with van der Waals surface area (Å²) >= 11 is 0. The van der Waals surface area contributed by atoms with Gasteiger partial charge in [-0.1, -0.05) is 18.2 Å². The van der Waals surface area contributed by atoms with E-state index in [0.29, 0.717) is 44.9 Å². The molecule has 2 aliphatic heterocycles. The zero-order chi connectivity index (χ0) is 27.2. The van der Waals surface area contributed by atoms with E-state index in [9.17, 15) is 9.59 Å². The van der Waals surface area contributed by atoms with Crippen LogP contribution in [0, 0.1) is 0 Å². The Morgan fingerprint density at radius 3 is 2.41 bits per heavy atom. The topological polar surface area (TPSA) is 97.7 Å². The molecule has 2 aromatic carbocycles. The summed E-state index contributed by atoms with van der Waals surface area (Å²) in [5, 5.41) is 11.0. The number of aromatic nitrogens is 2. The molecule has 2 amide bonds. The molecule has 5 rings (SSSR count). The van der Waals surface area contributed by atoms with Gasteiger partial charge in [-0.25, -0.2) is 0 Å². The van der Waals surface area contributed by atoms with Crippen LogP contribution in [0.1, 0.15) is 37.2 Å². The Balaban J connectivity index is 1.23. The average Bonchev–Trinajstić information content (AvgIpc) is 3.45. The lowest BCUT2D eigenvalue weighted by atomic mass is 9.84. The Kier molecular flexibility index (Phi) is 8.16. The van der Waals surface area contributed by atoms with E-state index in [-0.39, 0.29) is 18.4 Å². The van der Waals surface area contributed by atoms with Crippen molar-refractivity contribution in [2.75, 3.05) is 40.4 Å². The summed E-state index contributed by atoms with van der Waals surface area (Å²) in [4.78, 5) is 29.1. The first kappa shape index (κ1) is 26.7. The second-order valence-corrected chi connectivity index (χ2v) is 10.3. The van der Waals surface area contributed by atoms with Gasteiger partial charge in [0, 0.05) is 24.8 Å². The van der Waals surface area contributed by atoms with Crippen LogP contribution in [0.25, 0.3) is 11.3 Å². The summed E-state index contributed by atoms with van der Waals surface area (Å²) < 4.78 is 12.4. The van der Waals surface area contributed by atoms with Gasteiger partial charge in [0.1, 0.15) is 23.6 Å². The zero-order valence-corrected chi connectivity index (χ0v) is 22.7. The number of para-hydroxylation sites is 1. The highest BCUT2D eigenvalue weighted by atomic mass is 16.5. The fourth-order valence-electron chi connectivity index (χ4n) is 5.76. The second-order valence-electron chi connectivity index (χ2n) is 10.3. The van der Waals surface area contributed by atoms with Crippen LogP contribution in [0.2, 0.25) is 0 Å². The van der Waals surface area contributed by atoms with Gasteiger partial charge >= 0.3 is 0 Å². The molecule has 206 valence electrons. The summed E-state index contributed by atoms with van der Waals surface area (Å²) in [6, 6.07) is 17.6. The summed E-state index contributed by atoms with van der Waals surface area (Å²) in [6.07, 6.45) is 4.67. The van der Waals surface area contributed by atoms with Crippen molar-refractivity contribution in [3.8, 4) is 22.8 Å². The molecule has 2 saturated heterocycles. The number of amides is 2. The van der Waals surface area contributed by atoms with E-state index < -0.39 is 5.54 Å². The van der Waals surface area contributed by atoms with Gasteiger partial charge in [-0.2, -0.15) is 5.10 Å². The molecule has 0 unspecified atom stereocenters. The van der Waals surface area contributed by atoms with Crippen molar-refractivity contribution in [1.82, 2.24) is 25.3 Å². The van der Waals surface area contributed by atoms with E-state index in [1.54, 1.807) is 25.1 Å². The van der Waals surface area contributed by atoms with Gasteiger partial charge in [0.2, 0.25) is 11.8 Å². The van der Waals surface area contributed by atoms with Gasteiger partial charge in [-0.3, -0.25) is 14.3 Å². The van der Waals surface area contributed by atoms with Crippen molar-refractivity contribution in [3.05, 3.63) is 66.4 Å². The van der Waals surface area contributed by atoms with Gasteiger partial charge in [0.15, 0.2) is 0 Å². The molecule has 2 aliphatic rings. The first-order valence-electron chi connectivity index (χ1n) is 13.6. The van der Waals surface area contributed by atoms with Gasteiger partial charge in [0.05, 0.1) is 19.9 Å². The minimum Gasteiger partial charge on any atom is -0.497 e. The summed E-state index contributed by atoms with van der Waals surface area (Å²) in [6.45, 7) is 2.75. The molecular formula is C30H37N5O4. The highest BCUT2D eigenvalue weighted by Crippen LogP contribution is 2.35. The minimum atomic E-state index is -0.897. The second kappa shape index (κ2) is 11.9. The Bertz CT molecular complexity index is 1270. The SMILES string of the molecule is COc1ccc(-c2ccn(CC(=O)NC3(C(=O)N4CCC(c5ccccc5OC)CC4)CCNCC3)n2)cc1. The van der Waals surface area contributed by atoms with E-state index in [4.69, 9.17) is 9.47 Å². The molecule has 0 spiro atoms. The van der Waals surface area contributed by atoms with Crippen molar-refractivity contribution in [2.24, 2.45) is 0 Å². The van der Waals surface area contributed by atoms with E-state index in [1.807, 2.05) is 53.4 Å². The van der Waals surface area contributed by atoms with E-state index >= 15 is 0 Å². The largest absolute Gasteiger partial charge is 0.497 e. The summed E-state index contributed by atoms with van der Waals surface area (Å²) in [7, 11) is 3.33. The molecule has 0 aliphatic carbocycles. The quantitative estimate of drug-likeness (QED) is 0.463. The lowest BCUT2D eigenvalue weighted by Crippen LogP contribution is -2.64. The number of ether oxygens (including phenoxy) is 2. The number of methoxy groups -OCH3 is 2. The Hall–Kier alpha value is -3.85. The molecule has 0 bridgehead atoms. The lowest BCUT2D eigenvalue weighted by Gasteiger charge is -2.42. The number of carbonyl (C=O) groups is 2. The molecule has 3 aromatic rings. The number of hydrogen-bond acceptors (Lipinski definition) is 6. The summed E-state index contributed by atoms with van der Waals surface area (Å²) in [5.41, 5.74) is 2.02. The number of piperidine rings is 2. The third kappa shape index (κ3) is 5.93. The first-order chi connectivity index (χ1) is 19.0. The average molecular weight is 532 g/mol. The molecule has 3 heterocycles. The van der Waals surface area contributed by atoms with E-state index in [2.05, 4.69) is 21.8 Å². The number of nitrogens with zero attached hydrogens (tertiary/aromatic N) is 3. The molecule has 0 saturated carbocycles. The predicted octanol–water partition coefficient (Wildman–Crippen LogP) is 3.21. The monoisotopic (exact) mass is 531 g/mol. The Morgan fingerprint density at radius 1 is 1.00 bits per heavy atom. The molecule has 9 heteroatoms. The normalized spacial score (nSPS) is 17.4. The summed E-state index contributed by atoms with van der Waals surface area (Å²) in [5.74, 6) is 1.84. The Labute approximate surface area is 229 Å². The maximum absolute atomic E-state index is 13.9. The fraction of sp³-hybridized carbons (Fsp3) is 0.433.